The Kier molecular flexibility index (Phi) is 11.0. The zero-order valence-corrected chi connectivity index (χ0v) is 20.6. The van der Waals surface area contributed by atoms with Crippen molar-refractivity contribution in [3.8, 4) is 21.7 Å². The summed E-state index contributed by atoms with van der Waals surface area (Å²) in [6.45, 7) is 2.96. The molecule has 3 rings (SSSR count). The van der Waals surface area contributed by atoms with E-state index in [1.165, 1.54) is 69.1 Å². The molecule has 0 spiro atoms. The van der Waals surface area contributed by atoms with Gasteiger partial charge in [-0.3, -0.25) is 5.32 Å². The Morgan fingerprint density at radius 2 is 1.30 bits per heavy atom. The Bertz CT molecular complexity index is 883. The number of amides is 2. The molecule has 1 heterocycles. The maximum absolute atomic E-state index is 12.4. The lowest BCUT2D eigenvalue weighted by Gasteiger charge is -2.05. The van der Waals surface area contributed by atoms with Crippen molar-refractivity contribution in [2.45, 2.75) is 71.1 Å². The first-order chi connectivity index (χ1) is 16.3. The van der Waals surface area contributed by atoms with Gasteiger partial charge in [-0.25, -0.2) is 9.78 Å². The number of thiazole rings is 1. The minimum absolute atomic E-state index is 0.182. The van der Waals surface area contributed by atoms with E-state index < -0.39 is 0 Å². The fourth-order valence-electron chi connectivity index (χ4n) is 3.91. The number of hydrogen-bond acceptors (Lipinski definition) is 3. The van der Waals surface area contributed by atoms with E-state index in [0.717, 1.165) is 28.1 Å². The third-order valence-corrected chi connectivity index (χ3v) is 6.77. The Hall–Kier alpha value is -2.66. The highest BCUT2D eigenvalue weighted by molar-refractivity contribution is 7.19. The van der Waals surface area contributed by atoms with E-state index in [-0.39, 0.29) is 6.03 Å². The highest BCUT2D eigenvalue weighted by Gasteiger charge is 2.16. The molecule has 0 aliphatic heterocycles. The van der Waals surface area contributed by atoms with E-state index in [1.807, 2.05) is 36.4 Å². The summed E-state index contributed by atoms with van der Waals surface area (Å²) in [4.78, 5) is 18.2. The lowest BCUT2D eigenvalue weighted by atomic mass is 10.1. The summed E-state index contributed by atoms with van der Waals surface area (Å²) in [5.74, 6) is 0. The molecule has 0 saturated carbocycles. The van der Waals surface area contributed by atoms with Gasteiger partial charge in [-0.15, -0.1) is 0 Å². The summed E-state index contributed by atoms with van der Waals surface area (Å²) in [6, 6.07) is 20.2. The number of nitrogens with zero attached hydrogens (tertiary/aromatic N) is 1. The van der Waals surface area contributed by atoms with E-state index in [2.05, 4.69) is 41.8 Å². The lowest BCUT2D eigenvalue weighted by molar-refractivity contribution is 0.252. The molecule has 2 N–H and O–H groups in total. The zero-order valence-electron chi connectivity index (χ0n) is 19.8. The Morgan fingerprint density at radius 1 is 0.758 bits per heavy atom. The molecular weight excluding hydrogens is 426 g/mol. The van der Waals surface area contributed by atoms with Crippen LogP contribution in [0, 0.1) is 0 Å². The monoisotopic (exact) mass is 463 g/mol. The van der Waals surface area contributed by atoms with Crippen LogP contribution >= 0.6 is 11.3 Å². The summed E-state index contributed by atoms with van der Waals surface area (Å²) in [5, 5.41) is 6.54. The fourth-order valence-corrected chi connectivity index (χ4v) is 4.89. The second kappa shape index (κ2) is 14.5. The molecule has 0 atom stereocenters. The number of nitrogens with one attached hydrogen (secondary N) is 2. The molecule has 0 unspecified atom stereocenters. The van der Waals surface area contributed by atoms with Crippen molar-refractivity contribution < 1.29 is 4.79 Å². The molecule has 3 aromatic rings. The molecule has 2 aromatic carbocycles. The normalized spacial score (nSPS) is 10.8. The molecule has 0 aliphatic carbocycles. The van der Waals surface area contributed by atoms with Gasteiger partial charge < -0.3 is 5.32 Å². The van der Waals surface area contributed by atoms with Gasteiger partial charge in [-0.1, -0.05) is 137 Å². The molecule has 0 bridgehead atoms. The van der Waals surface area contributed by atoms with Gasteiger partial charge >= 0.3 is 6.03 Å². The number of hydrogen-bond donors (Lipinski definition) is 2. The van der Waals surface area contributed by atoms with Gasteiger partial charge in [0.15, 0.2) is 5.13 Å². The SMILES string of the molecule is CCCCCCCCCCCCNC(=O)Nc1nc(-c2ccccc2)c(-c2ccccc2)s1. The van der Waals surface area contributed by atoms with Crippen LogP contribution < -0.4 is 10.6 Å². The molecule has 5 heteroatoms. The second-order valence-electron chi connectivity index (χ2n) is 8.49. The highest BCUT2D eigenvalue weighted by atomic mass is 32.1. The van der Waals surface area contributed by atoms with E-state index in [4.69, 9.17) is 4.98 Å². The van der Waals surface area contributed by atoms with Crippen LogP contribution in [0.25, 0.3) is 21.7 Å². The number of benzene rings is 2. The molecule has 2 amide bonds. The smallest absolute Gasteiger partial charge is 0.321 e. The molecule has 0 aliphatic rings. The minimum atomic E-state index is -0.182. The van der Waals surface area contributed by atoms with Crippen LogP contribution in [0.2, 0.25) is 0 Å². The average Bonchev–Trinajstić information content (AvgIpc) is 3.27. The van der Waals surface area contributed by atoms with Crippen LogP contribution in [0.4, 0.5) is 9.93 Å². The molecule has 0 fully saturated rings. The molecule has 1 aromatic heterocycles. The number of anilines is 1. The van der Waals surface area contributed by atoms with Crippen LogP contribution in [0.3, 0.4) is 0 Å². The number of unbranched alkanes of at least 4 members (excludes halogenated alkanes) is 9. The van der Waals surface area contributed by atoms with E-state index in [0.29, 0.717) is 11.7 Å². The Morgan fingerprint density at radius 3 is 1.91 bits per heavy atom. The van der Waals surface area contributed by atoms with Crippen LogP contribution in [-0.2, 0) is 0 Å². The second-order valence-corrected chi connectivity index (χ2v) is 9.49. The van der Waals surface area contributed by atoms with Crippen molar-refractivity contribution in [1.29, 1.82) is 0 Å². The summed E-state index contributed by atoms with van der Waals surface area (Å²) in [5.41, 5.74) is 3.05. The lowest BCUT2D eigenvalue weighted by Crippen LogP contribution is -2.29. The average molecular weight is 464 g/mol. The third-order valence-electron chi connectivity index (χ3n) is 5.75. The summed E-state index contributed by atoms with van der Waals surface area (Å²) in [7, 11) is 0. The van der Waals surface area contributed by atoms with Crippen molar-refractivity contribution in [3.63, 3.8) is 0 Å². The Balaban J connectivity index is 1.43. The summed E-state index contributed by atoms with van der Waals surface area (Å²) < 4.78 is 0. The molecule has 0 saturated heterocycles. The number of carbonyl (C=O) groups excluding carboxylic acids is 1. The van der Waals surface area contributed by atoms with Crippen LogP contribution in [0.1, 0.15) is 71.1 Å². The van der Waals surface area contributed by atoms with Crippen LogP contribution in [0.15, 0.2) is 60.7 Å². The van der Waals surface area contributed by atoms with Crippen molar-refractivity contribution in [3.05, 3.63) is 60.7 Å². The van der Waals surface area contributed by atoms with Gasteiger partial charge in [0, 0.05) is 12.1 Å². The van der Waals surface area contributed by atoms with Crippen molar-refractivity contribution >= 4 is 22.5 Å². The van der Waals surface area contributed by atoms with Gasteiger partial charge in [0.25, 0.3) is 0 Å². The zero-order chi connectivity index (χ0) is 23.1. The topological polar surface area (TPSA) is 54.0 Å². The van der Waals surface area contributed by atoms with Gasteiger partial charge in [0.1, 0.15) is 0 Å². The number of carbonyl (C=O) groups is 1. The largest absolute Gasteiger partial charge is 0.338 e. The number of urea groups is 1. The van der Waals surface area contributed by atoms with Crippen molar-refractivity contribution in [2.24, 2.45) is 0 Å². The predicted molar refractivity (Wildman–Crippen MR) is 142 cm³/mol. The van der Waals surface area contributed by atoms with Gasteiger partial charge in [-0.2, -0.15) is 0 Å². The Labute approximate surface area is 202 Å². The quantitative estimate of drug-likeness (QED) is 0.235. The number of aromatic nitrogens is 1. The molecular formula is C28H37N3OS. The van der Waals surface area contributed by atoms with Crippen LogP contribution in [0.5, 0.6) is 0 Å². The van der Waals surface area contributed by atoms with Crippen LogP contribution in [-0.4, -0.2) is 17.6 Å². The summed E-state index contributed by atoms with van der Waals surface area (Å²) in [6.07, 6.45) is 12.9. The first-order valence-corrected chi connectivity index (χ1v) is 13.3. The van der Waals surface area contributed by atoms with Gasteiger partial charge in [-0.05, 0) is 12.0 Å². The molecule has 0 radical (unpaired) electrons. The van der Waals surface area contributed by atoms with Crippen molar-refractivity contribution in [2.75, 3.05) is 11.9 Å². The maximum atomic E-state index is 12.4. The van der Waals surface area contributed by atoms with Crippen molar-refractivity contribution in [1.82, 2.24) is 10.3 Å². The van der Waals surface area contributed by atoms with E-state index in [9.17, 15) is 4.79 Å². The van der Waals surface area contributed by atoms with Gasteiger partial charge in [0.05, 0.1) is 10.6 Å². The molecule has 33 heavy (non-hydrogen) atoms. The predicted octanol–water partition coefficient (Wildman–Crippen LogP) is 8.52. The fraction of sp³-hybridized carbons (Fsp3) is 0.429. The summed E-state index contributed by atoms with van der Waals surface area (Å²) >= 11 is 1.51. The highest BCUT2D eigenvalue weighted by Crippen LogP contribution is 2.38. The van der Waals surface area contributed by atoms with E-state index >= 15 is 0 Å². The maximum Gasteiger partial charge on any atom is 0.321 e. The first-order valence-electron chi connectivity index (χ1n) is 12.4. The minimum Gasteiger partial charge on any atom is -0.338 e. The van der Waals surface area contributed by atoms with Gasteiger partial charge in [0.2, 0.25) is 0 Å². The molecule has 4 nitrogen and oxygen atoms in total. The molecule has 176 valence electrons. The first kappa shape index (κ1) is 25.0. The third kappa shape index (κ3) is 8.65. The van der Waals surface area contributed by atoms with E-state index in [1.54, 1.807) is 0 Å². The standard InChI is InChI=1S/C28H37N3OS/c1-2-3-4-5-6-7-8-9-10-17-22-29-27(32)31-28-30-25(23-18-13-11-14-19-23)26(33-28)24-20-15-12-16-21-24/h11-16,18-21H,2-10,17,22H2,1H3,(H2,29,30,31,32). The number of rotatable bonds is 14.